The van der Waals surface area contributed by atoms with E-state index in [1.807, 2.05) is 0 Å². The number of rotatable bonds is 0. The Labute approximate surface area is 166 Å². The lowest BCUT2D eigenvalue weighted by molar-refractivity contribution is 0.791. The van der Waals surface area contributed by atoms with Crippen molar-refractivity contribution < 1.29 is 0 Å². The van der Waals surface area contributed by atoms with Gasteiger partial charge in [-0.15, -0.1) is 0 Å². The molecule has 1 spiro atoms. The molecule has 2 aliphatic carbocycles. The van der Waals surface area contributed by atoms with E-state index in [0.717, 1.165) is 0 Å². The average Bonchev–Trinajstić information content (AvgIpc) is 3.15. The zero-order chi connectivity index (χ0) is 19.0. The standard InChI is InChI=1S/C28H22/c1-17-11-13-20-21-14-12-18(2)16-26(21)28(25(20)15-17)23-9-5-4-8-22(23)27-19(3)7-6-10-24(27)28/h4-16H,1-3H3. The van der Waals surface area contributed by atoms with Crippen LogP contribution in [-0.2, 0) is 5.41 Å². The second kappa shape index (κ2) is 5.23. The van der Waals surface area contributed by atoms with Gasteiger partial charge in [-0.3, -0.25) is 0 Å². The molecular weight excluding hydrogens is 336 g/mol. The van der Waals surface area contributed by atoms with Gasteiger partial charge in [-0.2, -0.15) is 0 Å². The van der Waals surface area contributed by atoms with Crippen molar-refractivity contribution >= 4 is 0 Å². The maximum atomic E-state index is 2.42. The number of hydrogen-bond acceptors (Lipinski definition) is 0. The quantitative estimate of drug-likeness (QED) is 0.275. The summed E-state index contributed by atoms with van der Waals surface area (Å²) in [7, 11) is 0. The molecular formula is C28H22. The third-order valence-electron chi connectivity index (χ3n) is 6.73. The highest BCUT2D eigenvalue weighted by Gasteiger charge is 2.51. The summed E-state index contributed by atoms with van der Waals surface area (Å²) in [4.78, 5) is 0. The first-order valence-electron chi connectivity index (χ1n) is 10.0. The lowest BCUT2D eigenvalue weighted by atomic mass is 9.70. The molecule has 4 aromatic carbocycles. The molecule has 0 atom stereocenters. The summed E-state index contributed by atoms with van der Waals surface area (Å²) in [6.07, 6.45) is 0. The van der Waals surface area contributed by atoms with Gasteiger partial charge in [0, 0.05) is 0 Å². The van der Waals surface area contributed by atoms with Crippen molar-refractivity contribution in [3.63, 3.8) is 0 Å². The molecule has 0 saturated carbocycles. The fourth-order valence-electron chi connectivity index (χ4n) is 5.64. The molecule has 0 unspecified atom stereocenters. The molecule has 0 heteroatoms. The van der Waals surface area contributed by atoms with Crippen LogP contribution in [0.25, 0.3) is 22.3 Å². The Morgan fingerprint density at radius 2 is 1.11 bits per heavy atom. The molecule has 28 heavy (non-hydrogen) atoms. The third kappa shape index (κ3) is 1.72. The van der Waals surface area contributed by atoms with Crippen LogP contribution in [0.5, 0.6) is 0 Å². The first kappa shape index (κ1) is 15.9. The number of aryl methyl sites for hydroxylation is 3. The van der Waals surface area contributed by atoms with Crippen molar-refractivity contribution in [1.29, 1.82) is 0 Å². The fraction of sp³-hybridized carbons (Fsp3) is 0.143. The Kier molecular flexibility index (Phi) is 2.97. The summed E-state index contributed by atoms with van der Waals surface area (Å²) in [5.74, 6) is 0. The van der Waals surface area contributed by atoms with Gasteiger partial charge in [-0.05, 0) is 70.8 Å². The van der Waals surface area contributed by atoms with Crippen LogP contribution in [0.1, 0.15) is 38.9 Å². The van der Waals surface area contributed by atoms with Gasteiger partial charge in [0.25, 0.3) is 0 Å². The zero-order valence-electron chi connectivity index (χ0n) is 16.5. The first-order valence-corrected chi connectivity index (χ1v) is 10.0. The summed E-state index contributed by atoms with van der Waals surface area (Å²) < 4.78 is 0. The van der Waals surface area contributed by atoms with E-state index >= 15 is 0 Å². The number of benzene rings is 4. The summed E-state index contributed by atoms with van der Waals surface area (Å²) >= 11 is 0. The van der Waals surface area contributed by atoms with Gasteiger partial charge in [0.1, 0.15) is 0 Å². The highest BCUT2D eigenvalue weighted by Crippen LogP contribution is 2.63. The van der Waals surface area contributed by atoms with Crippen molar-refractivity contribution in [2.75, 3.05) is 0 Å². The third-order valence-corrected chi connectivity index (χ3v) is 6.73. The van der Waals surface area contributed by atoms with Crippen LogP contribution in [0.2, 0.25) is 0 Å². The molecule has 6 rings (SSSR count). The molecule has 0 bridgehead atoms. The van der Waals surface area contributed by atoms with E-state index in [-0.39, 0.29) is 5.41 Å². The Bertz CT molecular complexity index is 1230. The molecule has 4 aromatic rings. The predicted octanol–water partition coefficient (Wildman–Crippen LogP) is 6.96. The van der Waals surface area contributed by atoms with Crippen LogP contribution in [-0.4, -0.2) is 0 Å². The largest absolute Gasteiger partial charge is 0.0725 e. The van der Waals surface area contributed by atoms with Crippen molar-refractivity contribution in [3.05, 3.63) is 118 Å². The van der Waals surface area contributed by atoms with Gasteiger partial charge in [0.05, 0.1) is 5.41 Å². The van der Waals surface area contributed by atoms with E-state index in [2.05, 4.69) is 99.6 Å². The van der Waals surface area contributed by atoms with Crippen LogP contribution in [0.3, 0.4) is 0 Å². The van der Waals surface area contributed by atoms with Gasteiger partial charge in [-0.25, -0.2) is 0 Å². The molecule has 0 fully saturated rings. The summed E-state index contributed by atoms with van der Waals surface area (Å²) in [5.41, 5.74) is 15.1. The lowest BCUT2D eigenvalue weighted by Crippen LogP contribution is -2.26. The van der Waals surface area contributed by atoms with Gasteiger partial charge in [0.2, 0.25) is 0 Å². The van der Waals surface area contributed by atoms with Crippen LogP contribution in [0.15, 0.2) is 78.9 Å². The lowest BCUT2D eigenvalue weighted by Gasteiger charge is -2.31. The Morgan fingerprint density at radius 1 is 0.500 bits per heavy atom. The van der Waals surface area contributed by atoms with E-state index in [4.69, 9.17) is 0 Å². The van der Waals surface area contributed by atoms with Gasteiger partial charge in [-0.1, -0.05) is 90.0 Å². The fourth-order valence-corrected chi connectivity index (χ4v) is 5.64. The molecule has 2 aliphatic rings. The maximum Gasteiger partial charge on any atom is 0.0725 e. The number of hydrogen-bond donors (Lipinski definition) is 0. The molecule has 0 nitrogen and oxygen atoms in total. The second-order valence-corrected chi connectivity index (χ2v) is 8.39. The van der Waals surface area contributed by atoms with E-state index in [0.29, 0.717) is 0 Å². The smallest absolute Gasteiger partial charge is 0.0619 e. The minimum Gasteiger partial charge on any atom is -0.0619 e. The molecule has 0 amide bonds. The zero-order valence-corrected chi connectivity index (χ0v) is 16.5. The molecule has 0 aliphatic heterocycles. The summed E-state index contributed by atoms with van der Waals surface area (Å²) in [5, 5.41) is 0. The van der Waals surface area contributed by atoms with E-state index in [9.17, 15) is 0 Å². The van der Waals surface area contributed by atoms with Crippen LogP contribution >= 0.6 is 0 Å². The molecule has 0 N–H and O–H groups in total. The topological polar surface area (TPSA) is 0 Å². The van der Waals surface area contributed by atoms with Crippen LogP contribution in [0, 0.1) is 20.8 Å². The average molecular weight is 358 g/mol. The molecule has 0 saturated heterocycles. The second-order valence-electron chi connectivity index (χ2n) is 8.39. The molecule has 0 heterocycles. The van der Waals surface area contributed by atoms with Crippen LogP contribution in [0.4, 0.5) is 0 Å². The molecule has 0 radical (unpaired) electrons. The predicted molar refractivity (Wildman–Crippen MR) is 117 cm³/mol. The van der Waals surface area contributed by atoms with Gasteiger partial charge in [0.15, 0.2) is 0 Å². The van der Waals surface area contributed by atoms with Gasteiger partial charge < -0.3 is 0 Å². The van der Waals surface area contributed by atoms with E-state index < -0.39 is 0 Å². The highest BCUT2D eigenvalue weighted by atomic mass is 14.5. The first-order chi connectivity index (χ1) is 13.6. The maximum absolute atomic E-state index is 2.42. The SMILES string of the molecule is Cc1ccc2c(c1)C1(c3cc(C)ccc3-2)c2ccccc2-c2c(C)cccc21. The van der Waals surface area contributed by atoms with Gasteiger partial charge >= 0.3 is 0 Å². The summed E-state index contributed by atoms with van der Waals surface area (Å²) in [6.45, 7) is 6.67. The normalized spacial score (nSPS) is 14.5. The van der Waals surface area contributed by atoms with Crippen molar-refractivity contribution in [2.45, 2.75) is 26.2 Å². The Hall–Kier alpha value is -3.12. The van der Waals surface area contributed by atoms with Crippen molar-refractivity contribution in [2.24, 2.45) is 0 Å². The van der Waals surface area contributed by atoms with Crippen molar-refractivity contribution in [1.82, 2.24) is 0 Å². The Balaban J connectivity index is 1.89. The molecule has 134 valence electrons. The highest BCUT2D eigenvalue weighted by molar-refractivity contribution is 5.95. The molecule has 0 aromatic heterocycles. The van der Waals surface area contributed by atoms with Crippen LogP contribution < -0.4 is 0 Å². The number of fused-ring (bicyclic) bond motifs is 10. The Morgan fingerprint density at radius 3 is 1.79 bits per heavy atom. The minimum atomic E-state index is -0.208. The monoisotopic (exact) mass is 358 g/mol. The van der Waals surface area contributed by atoms with Crippen molar-refractivity contribution in [3.8, 4) is 22.3 Å². The minimum absolute atomic E-state index is 0.208. The summed E-state index contributed by atoms with van der Waals surface area (Å²) in [6, 6.07) is 29.8. The van der Waals surface area contributed by atoms with E-state index in [1.54, 1.807) is 0 Å². The van der Waals surface area contributed by atoms with E-state index in [1.165, 1.54) is 61.2 Å².